The molecule has 0 aromatic carbocycles. The molecule has 0 aliphatic heterocycles. The quantitative estimate of drug-likeness (QED) is 0.571. The lowest BCUT2D eigenvalue weighted by molar-refractivity contribution is -0.137. The van der Waals surface area contributed by atoms with Crippen LogP contribution in [-0.4, -0.2) is 27.9 Å². The van der Waals surface area contributed by atoms with Gasteiger partial charge in [0.15, 0.2) is 5.78 Å². The average molecular weight is 182 g/mol. The van der Waals surface area contributed by atoms with E-state index in [0.29, 0.717) is 5.56 Å². The number of aliphatic carboxylic acids is 1. The summed E-state index contributed by atoms with van der Waals surface area (Å²) in [4.78, 5) is 24.3. The molecule has 0 fully saturated rings. The second-order valence-electron chi connectivity index (χ2n) is 2.67. The highest BCUT2D eigenvalue weighted by molar-refractivity contribution is 6.01. The number of aromatic amines is 1. The van der Waals surface area contributed by atoms with Gasteiger partial charge in [-0.1, -0.05) is 0 Å². The van der Waals surface area contributed by atoms with Crippen LogP contribution in [0.25, 0.3) is 0 Å². The number of ketones is 1. The molecular weight excluding hydrogens is 172 g/mol. The van der Waals surface area contributed by atoms with E-state index in [2.05, 4.69) is 4.98 Å². The summed E-state index contributed by atoms with van der Waals surface area (Å²) < 4.78 is 0. The van der Waals surface area contributed by atoms with Gasteiger partial charge in [0.1, 0.15) is 0 Å². The Bertz CT molecular complexity index is 305. The SMILES string of the molecule is NC(CC(=O)O)C(=O)c1cc[nH]c1. The number of hydrogen-bond acceptors (Lipinski definition) is 3. The summed E-state index contributed by atoms with van der Waals surface area (Å²) >= 11 is 0. The highest BCUT2D eigenvalue weighted by Gasteiger charge is 2.18. The fourth-order valence-corrected chi connectivity index (χ4v) is 0.972. The van der Waals surface area contributed by atoms with Crippen molar-refractivity contribution < 1.29 is 14.7 Å². The molecule has 13 heavy (non-hydrogen) atoms. The van der Waals surface area contributed by atoms with Crippen molar-refractivity contribution in [2.24, 2.45) is 5.73 Å². The predicted octanol–water partition coefficient (Wildman–Crippen LogP) is -0.000600. The van der Waals surface area contributed by atoms with E-state index in [9.17, 15) is 9.59 Å². The number of carboxylic acids is 1. The van der Waals surface area contributed by atoms with Crippen molar-refractivity contribution in [3.05, 3.63) is 24.0 Å². The topological polar surface area (TPSA) is 96.2 Å². The van der Waals surface area contributed by atoms with E-state index < -0.39 is 12.0 Å². The molecule has 1 rings (SSSR count). The van der Waals surface area contributed by atoms with Gasteiger partial charge in [0.05, 0.1) is 12.5 Å². The van der Waals surface area contributed by atoms with E-state index in [1.165, 1.54) is 6.20 Å². The van der Waals surface area contributed by atoms with E-state index in [0.717, 1.165) is 0 Å². The molecule has 0 amide bonds. The number of rotatable bonds is 4. The van der Waals surface area contributed by atoms with Crippen molar-refractivity contribution in [3.8, 4) is 0 Å². The van der Waals surface area contributed by atoms with Gasteiger partial charge in [-0.3, -0.25) is 9.59 Å². The number of H-pyrrole nitrogens is 1. The Morgan fingerprint density at radius 3 is 2.77 bits per heavy atom. The number of carboxylic acid groups (broad SMARTS) is 1. The number of carbonyl (C=O) groups is 2. The summed E-state index contributed by atoms with van der Waals surface area (Å²) in [6.45, 7) is 0. The molecule has 0 radical (unpaired) electrons. The van der Waals surface area contributed by atoms with Crippen LogP contribution >= 0.6 is 0 Å². The lowest BCUT2D eigenvalue weighted by Gasteiger charge is -2.04. The van der Waals surface area contributed by atoms with E-state index in [-0.39, 0.29) is 12.2 Å². The van der Waals surface area contributed by atoms with Gasteiger partial charge >= 0.3 is 5.97 Å². The zero-order chi connectivity index (χ0) is 9.84. The first-order valence-corrected chi connectivity index (χ1v) is 3.75. The van der Waals surface area contributed by atoms with Gasteiger partial charge in [0.2, 0.25) is 0 Å². The van der Waals surface area contributed by atoms with Crippen molar-refractivity contribution in [1.29, 1.82) is 0 Å². The van der Waals surface area contributed by atoms with Gasteiger partial charge in [-0.25, -0.2) is 0 Å². The summed E-state index contributed by atoms with van der Waals surface area (Å²) in [5.41, 5.74) is 5.78. The third-order valence-electron chi connectivity index (χ3n) is 1.61. The van der Waals surface area contributed by atoms with Crippen molar-refractivity contribution in [1.82, 2.24) is 4.98 Å². The van der Waals surface area contributed by atoms with Crippen molar-refractivity contribution in [2.45, 2.75) is 12.5 Å². The Balaban J connectivity index is 2.63. The van der Waals surface area contributed by atoms with Gasteiger partial charge in [-0.15, -0.1) is 0 Å². The molecule has 0 aliphatic rings. The molecule has 1 unspecified atom stereocenters. The van der Waals surface area contributed by atoms with Crippen LogP contribution in [0.2, 0.25) is 0 Å². The Morgan fingerprint density at radius 2 is 2.31 bits per heavy atom. The fourth-order valence-electron chi connectivity index (χ4n) is 0.972. The number of aromatic nitrogens is 1. The first-order valence-electron chi connectivity index (χ1n) is 3.75. The van der Waals surface area contributed by atoms with Gasteiger partial charge in [0, 0.05) is 18.0 Å². The Morgan fingerprint density at radius 1 is 1.62 bits per heavy atom. The predicted molar refractivity (Wildman–Crippen MR) is 45.4 cm³/mol. The van der Waals surface area contributed by atoms with Crippen molar-refractivity contribution in [3.63, 3.8) is 0 Å². The average Bonchev–Trinajstić information content (AvgIpc) is 2.53. The standard InChI is InChI=1S/C8H10N2O3/c9-6(3-7(11)12)8(13)5-1-2-10-4-5/h1-2,4,6,10H,3,9H2,(H,11,12). The second kappa shape index (κ2) is 3.86. The van der Waals surface area contributed by atoms with Gasteiger partial charge in [0.25, 0.3) is 0 Å². The van der Waals surface area contributed by atoms with E-state index in [4.69, 9.17) is 10.8 Å². The largest absolute Gasteiger partial charge is 0.481 e. The lowest BCUT2D eigenvalue weighted by Crippen LogP contribution is -2.32. The Hall–Kier alpha value is -1.62. The lowest BCUT2D eigenvalue weighted by atomic mass is 10.1. The van der Waals surface area contributed by atoms with E-state index in [1.54, 1.807) is 12.3 Å². The molecule has 1 heterocycles. The first kappa shape index (κ1) is 9.47. The smallest absolute Gasteiger partial charge is 0.305 e. The number of carbonyl (C=O) groups excluding carboxylic acids is 1. The number of nitrogens with two attached hydrogens (primary N) is 1. The van der Waals surface area contributed by atoms with Crippen LogP contribution in [0.15, 0.2) is 18.5 Å². The molecule has 0 saturated heterocycles. The van der Waals surface area contributed by atoms with Crippen LogP contribution in [0.4, 0.5) is 0 Å². The third kappa shape index (κ3) is 2.41. The highest BCUT2D eigenvalue weighted by Crippen LogP contribution is 2.03. The molecule has 0 saturated carbocycles. The molecule has 0 spiro atoms. The highest BCUT2D eigenvalue weighted by atomic mass is 16.4. The molecule has 5 heteroatoms. The van der Waals surface area contributed by atoms with Crippen LogP contribution in [0.1, 0.15) is 16.8 Å². The molecule has 0 bridgehead atoms. The summed E-state index contributed by atoms with van der Waals surface area (Å²) in [6, 6.07) is 0.595. The summed E-state index contributed by atoms with van der Waals surface area (Å²) in [5.74, 6) is -1.43. The van der Waals surface area contributed by atoms with E-state index in [1.807, 2.05) is 0 Å². The molecule has 5 nitrogen and oxygen atoms in total. The minimum Gasteiger partial charge on any atom is -0.481 e. The Kier molecular flexibility index (Phi) is 2.81. The fraction of sp³-hybridized carbons (Fsp3) is 0.250. The maximum absolute atomic E-state index is 11.3. The molecule has 0 aliphatic carbocycles. The molecule has 1 aromatic rings. The molecular formula is C8H10N2O3. The molecule has 1 atom stereocenters. The third-order valence-corrected chi connectivity index (χ3v) is 1.61. The maximum Gasteiger partial charge on any atom is 0.305 e. The zero-order valence-electron chi connectivity index (χ0n) is 6.86. The minimum atomic E-state index is -1.07. The van der Waals surface area contributed by atoms with Gasteiger partial charge in [-0.2, -0.15) is 0 Å². The zero-order valence-corrected chi connectivity index (χ0v) is 6.86. The summed E-state index contributed by atoms with van der Waals surface area (Å²) in [6.07, 6.45) is 2.73. The molecule has 4 N–H and O–H groups in total. The number of Topliss-reactive ketones (excluding diaryl/α,β-unsaturated/α-hetero) is 1. The monoisotopic (exact) mass is 182 g/mol. The van der Waals surface area contributed by atoms with E-state index >= 15 is 0 Å². The summed E-state index contributed by atoms with van der Waals surface area (Å²) in [5, 5.41) is 8.39. The second-order valence-corrected chi connectivity index (χ2v) is 2.67. The molecule has 70 valence electrons. The molecule has 1 aromatic heterocycles. The van der Waals surface area contributed by atoms with Crippen LogP contribution in [0, 0.1) is 0 Å². The van der Waals surface area contributed by atoms with Crippen molar-refractivity contribution >= 4 is 11.8 Å². The van der Waals surface area contributed by atoms with Crippen LogP contribution in [0.5, 0.6) is 0 Å². The van der Waals surface area contributed by atoms with Crippen LogP contribution in [0.3, 0.4) is 0 Å². The normalized spacial score (nSPS) is 12.4. The van der Waals surface area contributed by atoms with Crippen LogP contribution < -0.4 is 5.73 Å². The maximum atomic E-state index is 11.3. The number of hydrogen-bond donors (Lipinski definition) is 3. The van der Waals surface area contributed by atoms with Gasteiger partial charge in [-0.05, 0) is 6.07 Å². The number of nitrogens with one attached hydrogen (secondary N) is 1. The minimum absolute atomic E-state index is 0.343. The summed E-state index contributed by atoms with van der Waals surface area (Å²) in [7, 11) is 0. The first-order chi connectivity index (χ1) is 6.11. The van der Waals surface area contributed by atoms with Crippen molar-refractivity contribution in [2.75, 3.05) is 0 Å². The van der Waals surface area contributed by atoms with Gasteiger partial charge < -0.3 is 15.8 Å². The Labute approximate surface area is 74.6 Å². The van der Waals surface area contributed by atoms with Crippen LogP contribution in [-0.2, 0) is 4.79 Å².